The minimum Gasteiger partial charge on any atom is -0.311 e. The molecule has 1 aliphatic heterocycles. The molecule has 118 valence electrons. The van der Waals surface area contributed by atoms with Gasteiger partial charge in [-0.05, 0) is 30.7 Å². The predicted molar refractivity (Wildman–Crippen MR) is 81.5 cm³/mol. The van der Waals surface area contributed by atoms with Crippen molar-refractivity contribution in [3.05, 3.63) is 35.9 Å². The van der Waals surface area contributed by atoms with Crippen molar-refractivity contribution in [2.24, 2.45) is 0 Å². The van der Waals surface area contributed by atoms with Crippen LogP contribution >= 0.6 is 11.8 Å². The molecule has 0 spiro atoms. The maximum Gasteiger partial charge on any atom is 0.441 e. The van der Waals surface area contributed by atoms with E-state index in [4.69, 9.17) is 0 Å². The molecule has 0 bridgehead atoms. The average Bonchev–Trinajstić information content (AvgIpc) is 2.41. The van der Waals surface area contributed by atoms with Gasteiger partial charge >= 0.3 is 5.51 Å². The van der Waals surface area contributed by atoms with Crippen LogP contribution in [0.1, 0.15) is 12.5 Å². The topological polar surface area (TPSA) is 15.3 Å². The molecule has 1 N–H and O–H groups in total. The largest absolute Gasteiger partial charge is 0.441 e. The van der Waals surface area contributed by atoms with Gasteiger partial charge in [0.15, 0.2) is 0 Å². The van der Waals surface area contributed by atoms with Gasteiger partial charge in [0, 0.05) is 37.5 Å². The van der Waals surface area contributed by atoms with Gasteiger partial charge in [-0.25, -0.2) is 0 Å². The highest BCUT2D eigenvalue weighted by molar-refractivity contribution is 8.00. The van der Waals surface area contributed by atoms with Gasteiger partial charge in [-0.15, -0.1) is 0 Å². The van der Waals surface area contributed by atoms with Crippen LogP contribution in [0.25, 0.3) is 0 Å². The lowest BCUT2D eigenvalue weighted by molar-refractivity contribution is -0.0329. The zero-order chi connectivity index (χ0) is 15.3. The summed E-state index contributed by atoms with van der Waals surface area (Å²) in [6.45, 7) is 4.18. The van der Waals surface area contributed by atoms with Crippen LogP contribution in [0.5, 0.6) is 0 Å². The van der Waals surface area contributed by atoms with Gasteiger partial charge in [0.05, 0.1) is 0 Å². The molecule has 1 saturated heterocycles. The summed E-state index contributed by atoms with van der Waals surface area (Å²) in [5.41, 5.74) is -2.90. The summed E-state index contributed by atoms with van der Waals surface area (Å²) in [6.07, 6.45) is 0.872. The summed E-state index contributed by atoms with van der Waals surface area (Å²) >= 11 is 0.0747. The van der Waals surface area contributed by atoms with Crippen LogP contribution in [0, 0.1) is 0 Å². The summed E-state index contributed by atoms with van der Waals surface area (Å²) in [4.78, 5) is 2.19. The van der Waals surface area contributed by atoms with Crippen molar-refractivity contribution in [2.75, 3.05) is 25.4 Å². The second-order valence-electron chi connectivity index (χ2n) is 5.44. The molecule has 1 aliphatic rings. The van der Waals surface area contributed by atoms with E-state index in [1.165, 1.54) is 5.56 Å². The Balaban J connectivity index is 1.90. The molecule has 2 atom stereocenters. The van der Waals surface area contributed by atoms with Crippen molar-refractivity contribution < 1.29 is 13.2 Å². The zero-order valence-corrected chi connectivity index (χ0v) is 12.9. The van der Waals surface area contributed by atoms with E-state index in [0.29, 0.717) is 12.6 Å². The van der Waals surface area contributed by atoms with Gasteiger partial charge in [-0.1, -0.05) is 30.3 Å². The lowest BCUT2D eigenvalue weighted by atomic mass is 10.0. The molecular formula is C15H21F3N2S. The fourth-order valence-corrected chi connectivity index (χ4v) is 3.23. The smallest absolute Gasteiger partial charge is 0.311 e. The second kappa shape index (κ2) is 7.51. The van der Waals surface area contributed by atoms with Crippen molar-refractivity contribution in [1.82, 2.24) is 10.2 Å². The Morgan fingerprint density at radius 2 is 2.00 bits per heavy atom. The summed E-state index contributed by atoms with van der Waals surface area (Å²) in [5.74, 6) is 0.0987. The van der Waals surface area contributed by atoms with Crippen molar-refractivity contribution in [3.8, 4) is 0 Å². The number of hydrogen-bond acceptors (Lipinski definition) is 3. The SMILES string of the molecule is CC1CN(CCSC(F)(F)F)C(Cc2ccccc2)CN1. The van der Waals surface area contributed by atoms with E-state index in [1.807, 2.05) is 18.2 Å². The van der Waals surface area contributed by atoms with Gasteiger partial charge in [0.25, 0.3) is 0 Å². The molecule has 0 saturated carbocycles. The molecule has 6 heteroatoms. The number of thioether (sulfide) groups is 1. The molecule has 21 heavy (non-hydrogen) atoms. The minimum absolute atomic E-state index is 0.0747. The van der Waals surface area contributed by atoms with E-state index in [9.17, 15) is 13.2 Å². The van der Waals surface area contributed by atoms with Crippen LogP contribution in [0.2, 0.25) is 0 Å². The number of hydrogen-bond donors (Lipinski definition) is 1. The summed E-state index contributed by atoms with van der Waals surface area (Å²) in [5, 5.41) is 3.42. The first-order valence-corrected chi connectivity index (χ1v) is 8.14. The Labute approximate surface area is 128 Å². The first kappa shape index (κ1) is 16.6. The van der Waals surface area contributed by atoms with Gasteiger partial charge in [0.1, 0.15) is 0 Å². The van der Waals surface area contributed by atoms with Crippen LogP contribution < -0.4 is 5.32 Å². The van der Waals surface area contributed by atoms with E-state index in [-0.39, 0.29) is 23.6 Å². The van der Waals surface area contributed by atoms with Crippen molar-refractivity contribution >= 4 is 11.8 Å². The lowest BCUT2D eigenvalue weighted by Crippen LogP contribution is -2.56. The van der Waals surface area contributed by atoms with Crippen LogP contribution in [0.15, 0.2) is 30.3 Å². The molecule has 2 nitrogen and oxygen atoms in total. The number of rotatable bonds is 5. The molecule has 0 radical (unpaired) electrons. The van der Waals surface area contributed by atoms with E-state index in [2.05, 4.69) is 29.3 Å². The number of piperazine rings is 1. The van der Waals surface area contributed by atoms with E-state index in [1.54, 1.807) is 0 Å². The highest BCUT2D eigenvalue weighted by atomic mass is 32.2. The third-order valence-electron chi connectivity index (χ3n) is 3.69. The van der Waals surface area contributed by atoms with Crippen molar-refractivity contribution in [3.63, 3.8) is 0 Å². The van der Waals surface area contributed by atoms with Gasteiger partial charge in [-0.3, -0.25) is 4.90 Å². The molecule has 1 aromatic rings. The summed E-state index contributed by atoms with van der Waals surface area (Å²) in [7, 11) is 0. The van der Waals surface area contributed by atoms with Crippen LogP contribution in [-0.2, 0) is 6.42 Å². The quantitative estimate of drug-likeness (QED) is 0.898. The van der Waals surface area contributed by atoms with E-state index < -0.39 is 5.51 Å². The molecule has 0 aromatic heterocycles. The normalized spacial score (nSPS) is 24.2. The average molecular weight is 318 g/mol. The Hall–Kier alpha value is -0.720. The van der Waals surface area contributed by atoms with E-state index >= 15 is 0 Å². The molecule has 0 aliphatic carbocycles. The Morgan fingerprint density at radius 1 is 1.29 bits per heavy atom. The maximum absolute atomic E-state index is 12.3. The standard InChI is InChI=1S/C15H21F3N2S/c1-12-11-20(7-8-21-15(16,17)18)14(10-19-12)9-13-5-3-2-4-6-13/h2-6,12,14,19H,7-11H2,1H3. The first-order chi connectivity index (χ1) is 9.94. The third-order valence-corrected chi connectivity index (χ3v) is 4.40. The number of nitrogens with one attached hydrogen (secondary N) is 1. The zero-order valence-electron chi connectivity index (χ0n) is 12.1. The van der Waals surface area contributed by atoms with Crippen molar-refractivity contribution in [2.45, 2.75) is 30.9 Å². The Kier molecular flexibility index (Phi) is 5.96. The number of nitrogens with zero attached hydrogens (tertiary/aromatic N) is 1. The molecule has 1 aromatic carbocycles. The monoisotopic (exact) mass is 318 g/mol. The highest BCUT2D eigenvalue weighted by Crippen LogP contribution is 2.30. The molecule has 1 fully saturated rings. The van der Waals surface area contributed by atoms with Crippen LogP contribution in [0.3, 0.4) is 0 Å². The van der Waals surface area contributed by atoms with Gasteiger partial charge in [0.2, 0.25) is 0 Å². The Morgan fingerprint density at radius 3 is 2.67 bits per heavy atom. The van der Waals surface area contributed by atoms with Crippen LogP contribution in [0.4, 0.5) is 13.2 Å². The minimum atomic E-state index is -4.13. The molecule has 0 amide bonds. The predicted octanol–water partition coefficient (Wildman–Crippen LogP) is 3.14. The molecule has 2 rings (SSSR count). The second-order valence-corrected chi connectivity index (χ2v) is 6.60. The Bertz CT molecular complexity index is 425. The highest BCUT2D eigenvalue weighted by Gasteiger charge is 2.30. The fraction of sp³-hybridized carbons (Fsp3) is 0.600. The molecular weight excluding hydrogens is 297 g/mol. The maximum atomic E-state index is 12.3. The lowest BCUT2D eigenvalue weighted by Gasteiger charge is -2.39. The van der Waals surface area contributed by atoms with Crippen molar-refractivity contribution in [1.29, 1.82) is 0 Å². The number of benzene rings is 1. The summed E-state index contributed by atoms with van der Waals surface area (Å²) in [6, 6.07) is 10.7. The summed E-state index contributed by atoms with van der Waals surface area (Å²) < 4.78 is 36.8. The number of alkyl halides is 3. The third kappa shape index (κ3) is 5.88. The van der Waals surface area contributed by atoms with Crippen LogP contribution in [-0.4, -0.2) is 47.9 Å². The van der Waals surface area contributed by atoms with E-state index in [0.717, 1.165) is 19.5 Å². The molecule has 2 unspecified atom stereocenters. The number of halogens is 3. The van der Waals surface area contributed by atoms with Gasteiger partial charge < -0.3 is 5.32 Å². The molecule has 1 heterocycles. The first-order valence-electron chi connectivity index (χ1n) is 7.16. The van der Waals surface area contributed by atoms with Gasteiger partial charge in [-0.2, -0.15) is 13.2 Å². The fourth-order valence-electron chi connectivity index (χ4n) is 2.67.